The van der Waals surface area contributed by atoms with Gasteiger partial charge < -0.3 is 18.7 Å². The third-order valence-electron chi connectivity index (χ3n) is 5.63. The summed E-state index contributed by atoms with van der Waals surface area (Å²) in [5.74, 6) is 2.53. The molecule has 0 saturated carbocycles. The van der Waals surface area contributed by atoms with Crippen LogP contribution in [0.2, 0.25) is 0 Å². The summed E-state index contributed by atoms with van der Waals surface area (Å²) in [4.78, 5) is 0. The van der Waals surface area contributed by atoms with E-state index in [1.54, 1.807) is 0 Å². The molecule has 1 aliphatic heterocycles. The second kappa shape index (κ2) is 12.4. The van der Waals surface area contributed by atoms with E-state index in [-0.39, 0.29) is 32.7 Å². The molecule has 1 heterocycles. The number of hydrogen-bond acceptors (Lipinski definition) is 3. The molecular weight excluding hydrogens is 463 g/mol. The van der Waals surface area contributed by atoms with Gasteiger partial charge in [0.2, 0.25) is 0 Å². The van der Waals surface area contributed by atoms with Crippen molar-refractivity contribution >= 4 is 0 Å². The number of rotatable bonds is 9. The van der Waals surface area contributed by atoms with E-state index in [1.165, 1.54) is 5.56 Å². The smallest absolute Gasteiger partial charge is 0.127 e. The predicted octanol–water partition coefficient (Wildman–Crippen LogP) is 5.29. The molecule has 5 heteroatoms. The molecule has 0 amide bonds. The van der Waals surface area contributed by atoms with Gasteiger partial charge in [-0.25, -0.2) is 0 Å². The van der Waals surface area contributed by atoms with Crippen LogP contribution < -0.4 is 9.47 Å². The average Bonchev–Trinajstić information content (AvgIpc) is 2.80. The largest absolute Gasteiger partial charge is 0.493 e. The molecule has 4 rings (SSSR count). The first kappa shape index (κ1) is 23.9. The molecule has 0 unspecified atom stereocenters. The zero-order chi connectivity index (χ0) is 20.5. The van der Waals surface area contributed by atoms with Gasteiger partial charge in [0, 0.05) is 44.7 Å². The van der Waals surface area contributed by atoms with Gasteiger partial charge in [0.15, 0.2) is 0 Å². The molecule has 0 spiro atoms. The molecule has 0 atom stereocenters. The number of benzene rings is 3. The summed E-state index contributed by atoms with van der Waals surface area (Å²) in [6.45, 7) is 6.71. The SMILES string of the molecule is [Y].c1ccc(C[N+]2(CCCOc3ccc(Oc4ccccc4)cc3)CCOCC2)cc1. The van der Waals surface area contributed by atoms with Gasteiger partial charge >= 0.3 is 0 Å². The molecule has 0 aromatic heterocycles. The van der Waals surface area contributed by atoms with Crippen LogP contribution >= 0.6 is 0 Å². The zero-order valence-electron chi connectivity index (χ0n) is 18.0. The van der Waals surface area contributed by atoms with E-state index >= 15 is 0 Å². The summed E-state index contributed by atoms with van der Waals surface area (Å²) < 4.78 is 18.6. The minimum atomic E-state index is 0. The van der Waals surface area contributed by atoms with Gasteiger partial charge in [-0.15, -0.1) is 0 Å². The van der Waals surface area contributed by atoms with Crippen LogP contribution in [0.5, 0.6) is 17.2 Å². The van der Waals surface area contributed by atoms with Gasteiger partial charge in [0.1, 0.15) is 36.9 Å². The summed E-state index contributed by atoms with van der Waals surface area (Å²) in [5, 5.41) is 0. The fourth-order valence-electron chi connectivity index (χ4n) is 3.98. The molecule has 1 radical (unpaired) electrons. The summed E-state index contributed by atoms with van der Waals surface area (Å²) in [5.41, 5.74) is 1.40. The quantitative estimate of drug-likeness (QED) is 0.300. The van der Waals surface area contributed by atoms with Crippen molar-refractivity contribution in [3.05, 3.63) is 90.5 Å². The Hall–Kier alpha value is -1.72. The summed E-state index contributed by atoms with van der Waals surface area (Å²) in [6.07, 6.45) is 1.02. The Morgan fingerprint density at radius 1 is 0.710 bits per heavy atom. The second-order valence-electron chi connectivity index (χ2n) is 7.86. The van der Waals surface area contributed by atoms with Crippen molar-refractivity contribution in [2.24, 2.45) is 0 Å². The van der Waals surface area contributed by atoms with Crippen molar-refractivity contribution < 1.29 is 51.4 Å². The van der Waals surface area contributed by atoms with Gasteiger partial charge in [0.25, 0.3) is 0 Å². The Morgan fingerprint density at radius 3 is 1.97 bits per heavy atom. The van der Waals surface area contributed by atoms with Gasteiger partial charge in [-0.05, 0) is 36.4 Å². The van der Waals surface area contributed by atoms with Crippen molar-refractivity contribution in [3.63, 3.8) is 0 Å². The Bertz CT molecular complexity index is 882. The summed E-state index contributed by atoms with van der Waals surface area (Å²) >= 11 is 0. The van der Waals surface area contributed by atoms with Crippen LogP contribution in [0.4, 0.5) is 0 Å². The maximum Gasteiger partial charge on any atom is 0.127 e. The van der Waals surface area contributed by atoms with Gasteiger partial charge in [-0.1, -0.05) is 48.5 Å². The third kappa shape index (κ3) is 7.43. The fraction of sp³-hybridized carbons (Fsp3) is 0.308. The molecular formula is C26H30NO3Y+. The van der Waals surface area contributed by atoms with Crippen LogP contribution in [-0.2, 0) is 44.0 Å². The van der Waals surface area contributed by atoms with Crippen LogP contribution in [0, 0.1) is 0 Å². The van der Waals surface area contributed by atoms with Crippen molar-refractivity contribution in [2.45, 2.75) is 13.0 Å². The van der Waals surface area contributed by atoms with E-state index in [9.17, 15) is 0 Å². The van der Waals surface area contributed by atoms with Crippen LogP contribution in [-0.4, -0.2) is 43.9 Å². The first-order valence-corrected chi connectivity index (χ1v) is 10.7. The minimum absolute atomic E-state index is 0. The van der Waals surface area contributed by atoms with Crippen LogP contribution in [0.1, 0.15) is 12.0 Å². The van der Waals surface area contributed by atoms with E-state index in [0.29, 0.717) is 6.61 Å². The molecule has 1 fully saturated rings. The van der Waals surface area contributed by atoms with E-state index in [2.05, 4.69) is 30.3 Å². The van der Waals surface area contributed by atoms with E-state index < -0.39 is 0 Å². The monoisotopic (exact) mass is 493 g/mol. The van der Waals surface area contributed by atoms with E-state index in [4.69, 9.17) is 14.2 Å². The molecule has 0 aliphatic carbocycles. The molecule has 4 nitrogen and oxygen atoms in total. The van der Waals surface area contributed by atoms with Gasteiger partial charge in [0.05, 0.1) is 26.4 Å². The molecule has 3 aromatic rings. The van der Waals surface area contributed by atoms with Crippen molar-refractivity contribution in [1.82, 2.24) is 0 Å². The number of quaternary nitrogens is 1. The molecule has 159 valence electrons. The van der Waals surface area contributed by atoms with Gasteiger partial charge in [-0.2, -0.15) is 0 Å². The Labute approximate surface area is 210 Å². The Morgan fingerprint density at radius 2 is 1.29 bits per heavy atom. The normalized spacial score (nSPS) is 15.0. The van der Waals surface area contributed by atoms with Crippen molar-refractivity contribution in [3.8, 4) is 17.2 Å². The molecule has 31 heavy (non-hydrogen) atoms. The minimum Gasteiger partial charge on any atom is -0.493 e. The molecule has 1 saturated heterocycles. The average molecular weight is 493 g/mol. The van der Waals surface area contributed by atoms with Crippen LogP contribution in [0.25, 0.3) is 0 Å². The number of hydrogen-bond donors (Lipinski definition) is 0. The third-order valence-corrected chi connectivity index (χ3v) is 5.63. The van der Waals surface area contributed by atoms with Gasteiger partial charge in [-0.3, -0.25) is 0 Å². The predicted molar refractivity (Wildman–Crippen MR) is 119 cm³/mol. The van der Waals surface area contributed by atoms with E-state index in [1.807, 2.05) is 54.6 Å². The number of ether oxygens (including phenoxy) is 3. The summed E-state index contributed by atoms with van der Waals surface area (Å²) in [7, 11) is 0. The zero-order valence-corrected chi connectivity index (χ0v) is 20.8. The number of para-hydroxylation sites is 1. The number of morpholine rings is 1. The summed E-state index contributed by atoms with van der Waals surface area (Å²) in [6, 6.07) is 28.4. The molecule has 0 N–H and O–H groups in total. The molecule has 3 aromatic carbocycles. The standard InChI is InChI=1S/C26H30NO3.Y/c1-3-8-23(9-4-1)22-27(17-20-28-21-18-27)16-7-19-29-24-12-14-26(15-13-24)30-25-10-5-2-6-11-25;/h1-6,8-15H,7,16-22H2;/q+1;. The topological polar surface area (TPSA) is 27.7 Å². The Kier molecular flexibility index (Phi) is 9.54. The van der Waals surface area contributed by atoms with Crippen LogP contribution in [0.3, 0.4) is 0 Å². The molecule has 1 aliphatic rings. The first-order valence-electron chi connectivity index (χ1n) is 10.7. The van der Waals surface area contributed by atoms with Crippen LogP contribution in [0.15, 0.2) is 84.9 Å². The first-order chi connectivity index (χ1) is 14.8. The maximum atomic E-state index is 6.00. The molecule has 0 bridgehead atoms. The maximum absolute atomic E-state index is 6.00. The van der Waals surface area contributed by atoms with Crippen molar-refractivity contribution in [2.75, 3.05) is 39.5 Å². The van der Waals surface area contributed by atoms with E-state index in [0.717, 1.165) is 67.5 Å². The van der Waals surface area contributed by atoms with Crippen molar-refractivity contribution in [1.29, 1.82) is 0 Å². The second-order valence-corrected chi connectivity index (χ2v) is 7.86. The fourth-order valence-corrected chi connectivity index (χ4v) is 3.98. The Balaban J connectivity index is 0.00000272. The number of nitrogens with zero attached hydrogens (tertiary/aromatic N) is 1.